The van der Waals surface area contributed by atoms with Crippen molar-refractivity contribution in [3.63, 3.8) is 0 Å². The smallest absolute Gasteiger partial charge is 0.246 e. The van der Waals surface area contributed by atoms with Crippen molar-refractivity contribution in [2.45, 2.75) is 11.1 Å². The summed E-state index contributed by atoms with van der Waals surface area (Å²) in [5.41, 5.74) is 0.910. The van der Waals surface area contributed by atoms with Crippen LogP contribution in [-0.2, 0) is 10.0 Å². The van der Waals surface area contributed by atoms with Gasteiger partial charge in [0.25, 0.3) is 10.0 Å². The minimum Gasteiger partial charge on any atom is -0.246 e. The predicted octanol–water partition coefficient (Wildman–Crippen LogP) is 3.38. The number of hydrogen-bond acceptors (Lipinski definition) is 6. The molecule has 5 nitrogen and oxygen atoms in total. The lowest BCUT2D eigenvalue weighted by Crippen LogP contribution is -2.12. The number of aryl methyl sites for hydroxylation is 1. The first-order valence-electron chi connectivity index (χ1n) is 6.03. The quantitative estimate of drug-likeness (QED) is 0.792. The molecule has 3 rings (SSSR count). The highest BCUT2D eigenvalue weighted by molar-refractivity contribution is 7.94. The summed E-state index contributed by atoms with van der Waals surface area (Å²) in [6.07, 6.45) is 0. The number of rotatable bonds is 4. The summed E-state index contributed by atoms with van der Waals surface area (Å²) >= 11 is 2.37. The second kappa shape index (κ2) is 5.55. The molecule has 0 bridgehead atoms. The molecule has 0 saturated carbocycles. The van der Waals surface area contributed by atoms with E-state index in [1.807, 2.05) is 37.3 Å². The van der Waals surface area contributed by atoms with Crippen molar-refractivity contribution in [2.24, 2.45) is 0 Å². The van der Waals surface area contributed by atoms with E-state index in [0.717, 1.165) is 22.0 Å². The van der Waals surface area contributed by atoms with Gasteiger partial charge in [0, 0.05) is 10.4 Å². The zero-order chi connectivity index (χ0) is 14.9. The molecule has 0 saturated heterocycles. The SMILES string of the molecule is Cc1ccc(S(=O)(=O)Nc2nsc(-c3ccccc3)n2)s1. The molecule has 3 aromatic rings. The summed E-state index contributed by atoms with van der Waals surface area (Å²) in [4.78, 5) is 5.16. The fourth-order valence-corrected chi connectivity index (χ4v) is 4.60. The van der Waals surface area contributed by atoms with Gasteiger partial charge in [-0.05, 0) is 30.6 Å². The van der Waals surface area contributed by atoms with Gasteiger partial charge in [-0.2, -0.15) is 9.36 Å². The monoisotopic (exact) mass is 337 g/mol. The van der Waals surface area contributed by atoms with Crippen molar-refractivity contribution in [1.29, 1.82) is 0 Å². The maximum atomic E-state index is 12.2. The lowest BCUT2D eigenvalue weighted by atomic mass is 10.2. The molecule has 2 heterocycles. The standard InChI is InChI=1S/C13H11N3O2S3/c1-9-7-8-11(19-9)21(17,18)16-13-14-12(20-15-13)10-5-3-2-4-6-10/h2-8H,1H3,(H,15,16). The molecule has 0 aliphatic heterocycles. The number of nitrogens with one attached hydrogen (secondary N) is 1. The lowest BCUT2D eigenvalue weighted by molar-refractivity contribution is 0.603. The first kappa shape index (κ1) is 14.2. The first-order chi connectivity index (χ1) is 10.0. The fourth-order valence-electron chi connectivity index (χ4n) is 1.69. The largest absolute Gasteiger partial charge is 0.273 e. The number of thiophene rings is 1. The Morgan fingerprint density at radius 1 is 1.10 bits per heavy atom. The van der Waals surface area contributed by atoms with Crippen LogP contribution in [0.3, 0.4) is 0 Å². The van der Waals surface area contributed by atoms with Crippen LogP contribution in [0.25, 0.3) is 10.6 Å². The second-order valence-electron chi connectivity index (χ2n) is 4.26. The van der Waals surface area contributed by atoms with Gasteiger partial charge in [-0.25, -0.2) is 13.1 Å². The highest BCUT2D eigenvalue weighted by atomic mass is 32.2. The first-order valence-corrected chi connectivity index (χ1v) is 9.10. The van der Waals surface area contributed by atoms with Crippen molar-refractivity contribution in [3.05, 3.63) is 47.3 Å². The zero-order valence-corrected chi connectivity index (χ0v) is 13.4. The Kier molecular flexibility index (Phi) is 3.75. The Morgan fingerprint density at radius 3 is 2.52 bits per heavy atom. The van der Waals surface area contributed by atoms with Gasteiger partial charge in [0.05, 0.1) is 0 Å². The van der Waals surface area contributed by atoms with Crippen molar-refractivity contribution in [1.82, 2.24) is 9.36 Å². The zero-order valence-electron chi connectivity index (χ0n) is 11.0. The Labute approximate surface area is 130 Å². The molecule has 0 aliphatic rings. The van der Waals surface area contributed by atoms with Crippen LogP contribution in [-0.4, -0.2) is 17.8 Å². The minimum absolute atomic E-state index is 0.102. The number of anilines is 1. The third-order valence-corrected chi connectivity index (χ3v) is 6.24. The third-order valence-electron chi connectivity index (χ3n) is 2.65. The Hall–Kier alpha value is -1.77. The molecule has 1 aromatic carbocycles. The van der Waals surface area contributed by atoms with Gasteiger partial charge in [0.15, 0.2) is 0 Å². The maximum absolute atomic E-state index is 12.2. The van der Waals surface area contributed by atoms with Gasteiger partial charge >= 0.3 is 0 Å². The fraction of sp³-hybridized carbons (Fsp3) is 0.0769. The predicted molar refractivity (Wildman–Crippen MR) is 85.2 cm³/mol. The van der Waals surface area contributed by atoms with E-state index in [9.17, 15) is 8.42 Å². The van der Waals surface area contributed by atoms with Crippen LogP contribution in [0, 0.1) is 6.92 Å². The minimum atomic E-state index is -3.61. The van der Waals surface area contributed by atoms with Crippen molar-refractivity contribution < 1.29 is 8.42 Å². The molecule has 0 radical (unpaired) electrons. The van der Waals surface area contributed by atoms with Crippen LogP contribution in [0.15, 0.2) is 46.7 Å². The Balaban J connectivity index is 1.85. The molecular weight excluding hydrogens is 326 g/mol. The van der Waals surface area contributed by atoms with Crippen LogP contribution in [0.4, 0.5) is 5.95 Å². The number of benzene rings is 1. The summed E-state index contributed by atoms with van der Waals surface area (Å²) in [6, 6.07) is 12.9. The van der Waals surface area contributed by atoms with Gasteiger partial charge in [-0.1, -0.05) is 30.3 Å². The van der Waals surface area contributed by atoms with Crippen LogP contribution in [0.2, 0.25) is 0 Å². The average Bonchev–Trinajstić information content (AvgIpc) is 3.09. The summed E-state index contributed by atoms with van der Waals surface area (Å²) in [7, 11) is -3.61. The van der Waals surface area contributed by atoms with Crippen LogP contribution in [0.5, 0.6) is 0 Å². The van der Waals surface area contributed by atoms with Crippen LogP contribution < -0.4 is 4.72 Å². The molecule has 108 valence electrons. The van der Waals surface area contributed by atoms with E-state index < -0.39 is 10.0 Å². The van der Waals surface area contributed by atoms with E-state index in [2.05, 4.69) is 14.1 Å². The topological polar surface area (TPSA) is 72.0 Å². The third kappa shape index (κ3) is 3.12. The van der Waals surface area contributed by atoms with Crippen LogP contribution in [0.1, 0.15) is 4.88 Å². The molecule has 0 aliphatic carbocycles. The lowest BCUT2D eigenvalue weighted by Gasteiger charge is -2.00. The molecular formula is C13H11N3O2S3. The van der Waals surface area contributed by atoms with E-state index in [1.165, 1.54) is 11.3 Å². The number of aromatic nitrogens is 2. The number of sulfonamides is 1. The van der Waals surface area contributed by atoms with E-state index in [0.29, 0.717) is 5.01 Å². The molecule has 0 spiro atoms. The van der Waals surface area contributed by atoms with Gasteiger partial charge in [0.1, 0.15) is 9.22 Å². The van der Waals surface area contributed by atoms with Crippen LogP contribution >= 0.6 is 22.9 Å². The normalized spacial score (nSPS) is 11.5. The highest BCUT2D eigenvalue weighted by Gasteiger charge is 2.18. The Bertz CT molecular complexity index is 854. The van der Waals surface area contributed by atoms with Crippen molar-refractivity contribution >= 4 is 38.8 Å². The number of hydrogen-bond donors (Lipinski definition) is 1. The molecule has 2 aromatic heterocycles. The van der Waals surface area contributed by atoms with Gasteiger partial charge in [0.2, 0.25) is 5.95 Å². The van der Waals surface area contributed by atoms with Crippen molar-refractivity contribution in [2.75, 3.05) is 4.72 Å². The average molecular weight is 337 g/mol. The molecule has 0 atom stereocenters. The summed E-state index contributed by atoms with van der Waals surface area (Å²) in [6.45, 7) is 1.86. The Morgan fingerprint density at radius 2 is 1.86 bits per heavy atom. The maximum Gasteiger partial charge on any atom is 0.273 e. The molecule has 0 fully saturated rings. The molecule has 8 heteroatoms. The van der Waals surface area contributed by atoms with E-state index in [1.54, 1.807) is 12.1 Å². The summed E-state index contributed by atoms with van der Waals surface area (Å²) in [5, 5.41) is 0.677. The summed E-state index contributed by atoms with van der Waals surface area (Å²) < 4.78 is 31.1. The summed E-state index contributed by atoms with van der Waals surface area (Å²) in [5.74, 6) is 0.102. The van der Waals surface area contributed by atoms with Gasteiger partial charge in [-0.3, -0.25) is 0 Å². The molecule has 1 N–H and O–H groups in total. The molecule has 0 amide bonds. The molecule has 0 unspecified atom stereocenters. The number of nitrogens with zero attached hydrogens (tertiary/aromatic N) is 2. The van der Waals surface area contributed by atoms with E-state index >= 15 is 0 Å². The van der Waals surface area contributed by atoms with E-state index in [-0.39, 0.29) is 10.2 Å². The molecule has 21 heavy (non-hydrogen) atoms. The van der Waals surface area contributed by atoms with E-state index in [4.69, 9.17) is 0 Å². The van der Waals surface area contributed by atoms with Crippen molar-refractivity contribution in [3.8, 4) is 10.6 Å². The second-order valence-corrected chi connectivity index (χ2v) is 8.21. The van der Waals surface area contributed by atoms with Gasteiger partial charge < -0.3 is 0 Å². The highest BCUT2D eigenvalue weighted by Crippen LogP contribution is 2.26. The van der Waals surface area contributed by atoms with Gasteiger partial charge in [-0.15, -0.1) is 11.3 Å².